The molecule has 0 heterocycles. The zero-order chi connectivity index (χ0) is 11.6. The van der Waals surface area contributed by atoms with Gasteiger partial charge >= 0.3 is 0 Å². The van der Waals surface area contributed by atoms with Crippen molar-refractivity contribution in [1.82, 2.24) is 0 Å². The third kappa shape index (κ3) is 6.56. The first-order valence-electron chi connectivity index (χ1n) is 7.09. The summed E-state index contributed by atoms with van der Waals surface area (Å²) < 4.78 is 0. The van der Waals surface area contributed by atoms with Gasteiger partial charge in [-0.25, -0.2) is 0 Å². The van der Waals surface area contributed by atoms with Gasteiger partial charge in [-0.3, -0.25) is 0 Å². The molecule has 0 aromatic heterocycles. The molecule has 0 aliphatic carbocycles. The van der Waals surface area contributed by atoms with Gasteiger partial charge in [0.25, 0.3) is 0 Å². The molecular formula is C14H32P+. The molecule has 0 aliphatic rings. The lowest BCUT2D eigenvalue weighted by atomic mass is 10.2. The quantitative estimate of drug-likeness (QED) is 0.347. The molecular weight excluding hydrogens is 199 g/mol. The van der Waals surface area contributed by atoms with Crippen molar-refractivity contribution in [3.8, 4) is 0 Å². The highest BCUT2D eigenvalue weighted by Gasteiger charge is 2.30. The highest BCUT2D eigenvalue weighted by atomic mass is 31.2. The van der Waals surface area contributed by atoms with Crippen LogP contribution in [0.1, 0.15) is 66.2 Å². The molecule has 0 unspecified atom stereocenters. The molecule has 0 saturated carbocycles. The maximum atomic E-state index is 2.43. The van der Waals surface area contributed by atoms with Gasteiger partial charge in [0, 0.05) is 7.26 Å². The van der Waals surface area contributed by atoms with Crippen LogP contribution in [0, 0.1) is 0 Å². The van der Waals surface area contributed by atoms with Crippen molar-refractivity contribution in [3.63, 3.8) is 0 Å². The Bertz CT molecular complexity index is 127. The molecule has 1 heteroatoms. The van der Waals surface area contributed by atoms with Crippen LogP contribution in [-0.2, 0) is 0 Å². The van der Waals surface area contributed by atoms with E-state index >= 15 is 0 Å². The minimum atomic E-state index is -0.507. The van der Waals surface area contributed by atoms with Crippen LogP contribution in [-0.4, -0.2) is 24.6 Å². The van der Waals surface area contributed by atoms with Crippen molar-refractivity contribution in [3.05, 3.63) is 0 Å². The molecule has 0 amide bonds. The van der Waals surface area contributed by atoms with Crippen molar-refractivity contribution in [1.29, 1.82) is 0 Å². The van der Waals surface area contributed by atoms with Crippen molar-refractivity contribution >= 4 is 7.26 Å². The van der Waals surface area contributed by atoms with E-state index in [4.69, 9.17) is 0 Å². The summed E-state index contributed by atoms with van der Waals surface area (Å²) in [5, 5.41) is 0. The summed E-state index contributed by atoms with van der Waals surface area (Å²) in [5.41, 5.74) is 0. The van der Waals surface area contributed by atoms with Crippen LogP contribution in [0.5, 0.6) is 0 Å². The van der Waals surface area contributed by atoms with E-state index in [9.17, 15) is 0 Å². The Balaban J connectivity index is 3.74. The van der Waals surface area contributed by atoms with Gasteiger partial charge in [0.15, 0.2) is 0 Å². The fourth-order valence-electron chi connectivity index (χ4n) is 2.49. The molecule has 0 nitrogen and oxygen atoms in total. The third-order valence-corrected chi connectivity index (χ3v) is 9.12. The van der Waals surface area contributed by atoms with E-state index in [-0.39, 0.29) is 0 Å². The first kappa shape index (κ1) is 15.4. The normalized spacial score (nSPS) is 12.0. The monoisotopic (exact) mass is 231 g/mol. The maximum Gasteiger partial charge on any atom is 0.0594 e. The standard InChI is InChI=1S/C14H32P/c1-5-9-10-11-12-14-15(7-3,8-4)13-6-2/h5-14H2,1-4H3/q+1. The van der Waals surface area contributed by atoms with E-state index < -0.39 is 7.26 Å². The molecule has 0 rings (SSSR count). The van der Waals surface area contributed by atoms with Crippen molar-refractivity contribution in [2.75, 3.05) is 24.6 Å². The van der Waals surface area contributed by atoms with Crippen molar-refractivity contribution in [2.45, 2.75) is 66.2 Å². The van der Waals surface area contributed by atoms with E-state index in [1.165, 1.54) is 50.8 Å². The molecule has 0 aromatic rings. The lowest BCUT2D eigenvalue weighted by Gasteiger charge is -2.24. The minimum Gasteiger partial charge on any atom is -0.0654 e. The summed E-state index contributed by atoms with van der Waals surface area (Å²) in [6.07, 6.45) is 14.8. The van der Waals surface area contributed by atoms with Gasteiger partial charge in [-0.1, -0.05) is 33.1 Å². The van der Waals surface area contributed by atoms with Crippen LogP contribution in [0.2, 0.25) is 0 Å². The largest absolute Gasteiger partial charge is 0.0654 e. The van der Waals surface area contributed by atoms with Gasteiger partial charge < -0.3 is 0 Å². The Morgan fingerprint density at radius 2 is 1.20 bits per heavy atom. The lowest BCUT2D eigenvalue weighted by molar-refractivity contribution is 0.657. The van der Waals surface area contributed by atoms with Crippen LogP contribution in [0.4, 0.5) is 0 Å². The van der Waals surface area contributed by atoms with Crippen LogP contribution >= 0.6 is 7.26 Å². The average molecular weight is 231 g/mol. The molecule has 0 aromatic carbocycles. The van der Waals surface area contributed by atoms with Crippen molar-refractivity contribution in [2.24, 2.45) is 0 Å². The van der Waals surface area contributed by atoms with E-state index in [0.29, 0.717) is 0 Å². The zero-order valence-electron chi connectivity index (χ0n) is 11.5. The number of rotatable bonds is 10. The Labute approximate surface area is 98.6 Å². The second-order valence-electron chi connectivity index (χ2n) is 4.84. The number of unbranched alkanes of at least 4 members (excludes halogenated alkanes) is 4. The second-order valence-corrected chi connectivity index (χ2v) is 9.68. The predicted octanol–water partition coefficient (Wildman–Crippen LogP) is 5.42. The summed E-state index contributed by atoms with van der Waals surface area (Å²) in [6, 6.07) is 0. The smallest absolute Gasteiger partial charge is 0.0594 e. The van der Waals surface area contributed by atoms with Gasteiger partial charge in [0.05, 0.1) is 24.6 Å². The topological polar surface area (TPSA) is 0 Å². The molecule has 0 aliphatic heterocycles. The highest BCUT2D eigenvalue weighted by Crippen LogP contribution is 2.59. The van der Waals surface area contributed by atoms with Gasteiger partial charge in [0.2, 0.25) is 0 Å². The summed E-state index contributed by atoms with van der Waals surface area (Å²) >= 11 is 0. The Morgan fingerprint density at radius 1 is 0.600 bits per heavy atom. The fraction of sp³-hybridized carbons (Fsp3) is 1.00. The molecule has 15 heavy (non-hydrogen) atoms. The second kappa shape index (κ2) is 9.64. The molecule has 92 valence electrons. The highest BCUT2D eigenvalue weighted by molar-refractivity contribution is 7.75. The van der Waals surface area contributed by atoms with Crippen LogP contribution in [0.25, 0.3) is 0 Å². The Kier molecular flexibility index (Phi) is 9.92. The lowest BCUT2D eigenvalue weighted by Crippen LogP contribution is -2.08. The van der Waals surface area contributed by atoms with Gasteiger partial charge in [-0.05, 0) is 33.1 Å². The summed E-state index contributed by atoms with van der Waals surface area (Å²) in [7, 11) is -0.507. The maximum absolute atomic E-state index is 2.43. The Morgan fingerprint density at radius 3 is 1.67 bits per heavy atom. The summed E-state index contributed by atoms with van der Waals surface area (Å²) in [5.74, 6) is 0. The van der Waals surface area contributed by atoms with Gasteiger partial charge in [-0.15, -0.1) is 0 Å². The van der Waals surface area contributed by atoms with Crippen molar-refractivity contribution < 1.29 is 0 Å². The van der Waals surface area contributed by atoms with Gasteiger partial charge in [-0.2, -0.15) is 0 Å². The third-order valence-electron chi connectivity index (χ3n) is 3.78. The summed E-state index contributed by atoms with van der Waals surface area (Å²) in [6.45, 7) is 9.52. The van der Waals surface area contributed by atoms with Crippen LogP contribution in [0.15, 0.2) is 0 Å². The summed E-state index contributed by atoms with van der Waals surface area (Å²) in [4.78, 5) is 0. The first-order chi connectivity index (χ1) is 7.24. The molecule has 0 bridgehead atoms. The predicted molar refractivity (Wildman–Crippen MR) is 76.8 cm³/mol. The van der Waals surface area contributed by atoms with E-state index in [1.807, 2.05) is 0 Å². The van der Waals surface area contributed by atoms with E-state index in [0.717, 1.165) is 0 Å². The number of hydrogen-bond acceptors (Lipinski definition) is 0. The fourth-order valence-corrected chi connectivity index (χ4v) is 6.27. The Hall–Kier alpha value is 0.430. The molecule has 0 N–H and O–H groups in total. The average Bonchev–Trinajstić information content (AvgIpc) is 2.27. The van der Waals surface area contributed by atoms with E-state index in [1.54, 1.807) is 12.3 Å². The zero-order valence-corrected chi connectivity index (χ0v) is 12.4. The molecule has 0 spiro atoms. The minimum absolute atomic E-state index is 0.507. The molecule has 0 atom stereocenters. The number of hydrogen-bond donors (Lipinski definition) is 0. The van der Waals surface area contributed by atoms with Crippen LogP contribution < -0.4 is 0 Å². The van der Waals surface area contributed by atoms with Crippen LogP contribution in [0.3, 0.4) is 0 Å². The van der Waals surface area contributed by atoms with E-state index in [2.05, 4.69) is 27.7 Å². The van der Waals surface area contributed by atoms with Gasteiger partial charge in [0.1, 0.15) is 0 Å². The SMILES string of the molecule is CCCCCCC[P+](CC)(CC)CCC. The first-order valence-corrected chi connectivity index (χ1v) is 9.62. The molecule has 0 saturated heterocycles. The molecule has 0 radical (unpaired) electrons. The molecule has 0 fully saturated rings.